The second-order valence-corrected chi connectivity index (χ2v) is 8.89. The summed E-state index contributed by atoms with van der Waals surface area (Å²) in [6.45, 7) is 10.5. The van der Waals surface area contributed by atoms with E-state index in [-0.39, 0.29) is 45.6 Å². The predicted molar refractivity (Wildman–Crippen MR) is 113 cm³/mol. The Kier molecular flexibility index (Phi) is 4.12. The molecule has 2 aromatic carbocycles. The van der Waals surface area contributed by atoms with Crippen molar-refractivity contribution in [2.45, 2.75) is 51.2 Å². The lowest BCUT2D eigenvalue weighted by atomic mass is 9.82. The molecule has 0 aliphatic carbocycles. The number of fused-ring (bicyclic) bond motifs is 4. The summed E-state index contributed by atoms with van der Waals surface area (Å²) in [7, 11) is 0. The van der Waals surface area contributed by atoms with Crippen LogP contribution in [0.2, 0.25) is 0 Å². The van der Waals surface area contributed by atoms with Crippen molar-refractivity contribution in [2.75, 3.05) is 0 Å². The lowest BCUT2D eigenvalue weighted by Gasteiger charge is -2.24. The fourth-order valence-corrected chi connectivity index (χ4v) is 4.01. The molecule has 0 saturated carbocycles. The normalized spacial score (nSPS) is 16.6. The lowest BCUT2D eigenvalue weighted by molar-refractivity contribution is -0.0235. The third-order valence-electron chi connectivity index (χ3n) is 5.82. The highest BCUT2D eigenvalue weighted by molar-refractivity contribution is 5.99. The molecular formula is C23H24O7. The van der Waals surface area contributed by atoms with Gasteiger partial charge in [-0.25, -0.2) is 0 Å². The number of allylic oxidation sites excluding steroid dienone is 1. The van der Waals surface area contributed by atoms with Gasteiger partial charge in [0.25, 0.3) is 0 Å². The maximum Gasteiger partial charge on any atom is 0.204 e. The van der Waals surface area contributed by atoms with Crippen molar-refractivity contribution in [3.8, 4) is 23.0 Å². The molecule has 0 radical (unpaired) electrons. The van der Waals surface area contributed by atoms with Crippen LogP contribution in [0.3, 0.4) is 0 Å². The van der Waals surface area contributed by atoms with Gasteiger partial charge in [0.2, 0.25) is 5.43 Å². The van der Waals surface area contributed by atoms with E-state index in [9.17, 15) is 25.2 Å². The molecule has 30 heavy (non-hydrogen) atoms. The van der Waals surface area contributed by atoms with E-state index >= 15 is 0 Å². The quantitative estimate of drug-likeness (QED) is 0.383. The molecule has 0 bridgehead atoms. The number of aliphatic hydroxyl groups is 1. The second-order valence-electron chi connectivity index (χ2n) is 8.89. The zero-order chi connectivity index (χ0) is 22.2. The molecule has 158 valence electrons. The van der Waals surface area contributed by atoms with Gasteiger partial charge in [0.05, 0.1) is 11.0 Å². The van der Waals surface area contributed by atoms with Crippen LogP contribution in [0.15, 0.2) is 34.0 Å². The Balaban J connectivity index is 2.15. The van der Waals surface area contributed by atoms with E-state index in [1.807, 2.05) is 0 Å². The van der Waals surface area contributed by atoms with Crippen LogP contribution in [-0.2, 0) is 11.8 Å². The van der Waals surface area contributed by atoms with Crippen molar-refractivity contribution >= 4 is 21.9 Å². The van der Waals surface area contributed by atoms with E-state index in [1.54, 1.807) is 33.8 Å². The summed E-state index contributed by atoms with van der Waals surface area (Å²) in [6.07, 6.45) is 1.12. The molecule has 1 aromatic heterocycles. The van der Waals surface area contributed by atoms with Crippen LogP contribution >= 0.6 is 0 Å². The summed E-state index contributed by atoms with van der Waals surface area (Å²) in [5.74, 6) is -0.753. The van der Waals surface area contributed by atoms with Gasteiger partial charge < -0.3 is 29.6 Å². The molecule has 4 rings (SSSR count). The molecule has 1 atom stereocenters. The molecule has 2 heterocycles. The third-order valence-corrected chi connectivity index (χ3v) is 5.82. The van der Waals surface area contributed by atoms with Gasteiger partial charge >= 0.3 is 0 Å². The van der Waals surface area contributed by atoms with Crippen LogP contribution in [-0.4, -0.2) is 32.1 Å². The van der Waals surface area contributed by atoms with Gasteiger partial charge in [-0.15, -0.1) is 6.58 Å². The minimum atomic E-state index is -1.20. The van der Waals surface area contributed by atoms with Crippen LogP contribution < -0.4 is 10.2 Å². The first kappa shape index (κ1) is 20.1. The first-order valence-corrected chi connectivity index (χ1v) is 9.60. The summed E-state index contributed by atoms with van der Waals surface area (Å²) in [5.41, 5.74) is -1.67. The van der Waals surface area contributed by atoms with Crippen LogP contribution in [0.1, 0.15) is 38.8 Å². The van der Waals surface area contributed by atoms with Crippen molar-refractivity contribution in [1.29, 1.82) is 0 Å². The average molecular weight is 412 g/mol. The second kappa shape index (κ2) is 6.15. The lowest BCUT2D eigenvalue weighted by Crippen LogP contribution is -2.39. The van der Waals surface area contributed by atoms with Crippen molar-refractivity contribution in [1.82, 2.24) is 0 Å². The van der Waals surface area contributed by atoms with E-state index in [2.05, 4.69) is 6.58 Å². The van der Waals surface area contributed by atoms with E-state index in [4.69, 9.17) is 9.15 Å². The number of ether oxygens (including phenoxy) is 1. The Morgan fingerprint density at radius 1 is 1.07 bits per heavy atom. The number of benzene rings is 2. The molecule has 7 nitrogen and oxygen atoms in total. The Morgan fingerprint density at radius 3 is 2.33 bits per heavy atom. The van der Waals surface area contributed by atoms with Crippen LogP contribution in [0.4, 0.5) is 0 Å². The largest absolute Gasteiger partial charge is 0.507 e. The Morgan fingerprint density at radius 2 is 1.73 bits per heavy atom. The van der Waals surface area contributed by atoms with Gasteiger partial charge in [-0.05, 0) is 13.8 Å². The topological polar surface area (TPSA) is 120 Å². The molecule has 1 aliphatic rings. The highest BCUT2D eigenvalue weighted by atomic mass is 16.5. The van der Waals surface area contributed by atoms with Gasteiger partial charge in [-0.2, -0.15) is 0 Å². The van der Waals surface area contributed by atoms with Crippen molar-refractivity contribution in [3.63, 3.8) is 0 Å². The maximum atomic E-state index is 13.5. The number of aromatic hydroxyl groups is 3. The first-order valence-electron chi connectivity index (χ1n) is 9.60. The molecule has 4 N–H and O–H groups in total. The highest BCUT2D eigenvalue weighted by Gasteiger charge is 2.39. The smallest absolute Gasteiger partial charge is 0.204 e. The molecule has 0 fully saturated rings. The molecule has 1 aliphatic heterocycles. The fourth-order valence-electron chi connectivity index (χ4n) is 4.01. The number of rotatable bonds is 3. The minimum Gasteiger partial charge on any atom is -0.507 e. The van der Waals surface area contributed by atoms with Gasteiger partial charge in [0.15, 0.2) is 11.5 Å². The maximum absolute atomic E-state index is 13.5. The zero-order valence-electron chi connectivity index (χ0n) is 17.2. The van der Waals surface area contributed by atoms with Crippen molar-refractivity contribution < 1.29 is 29.6 Å². The standard InChI is InChI=1S/C23H24O7/c1-6-22(2,3)18-12(25)8-11(24)17-19(27)16-10-7-15(23(4,5)28)30-20(10)13(26)9-14(16)29-21(17)18/h6,8-9,15,24-26,28H,1,7H2,2-5H3/t15-/m1/s1. The molecule has 0 amide bonds. The van der Waals surface area contributed by atoms with Crippen molar-refractivity contribution in [3.05, 3.63) is 46.1 Å². The average Bonchev–Trinajstić information content (AvgIpc) is 3.07. The summed E-state index contributed by atoms with van der Waals surface area (Å²) >= 11 is 0. The molecule has 3 aromatic rings. The van der Waals surface area contributed by atoms with Gasteiger partial charge in [0, 0.05) is 35.1 Å². The fraction of sp³-hybridized carbons (Fsp3) is 0.348. The van der Waals surface area contributed by atoms with E-state index in [0.29, 0.717) is 11.1 Å². The summed E-state index contributed by atoms with van der Waals surface area (Å²) in [4.78, 5) is 13.5. The van der Waals surface area contributed by atoms with E-state index < -0.39 is 28.3 Å². The zero-order valence-corrected chi connectivity index (χ0v) is 17.2. The van der Waals surface area contributed by atoms with Gasteiger partial charge in [-0.1, -0.05) is 19.9 Å². The molecule has 0 saturated heterocycles. The Hall–Kier alpha value is -3.19. The molecule has 0 spiro atoms. The summed E-state index contributed by atoms with van der Waals surface area (Å²) in [6, 6.07) is 2.38. The molecule has 7 heteroatoms. The van der Waals surface area contributed by atoms with Gasteiger partial charge in [-0.3, -0.25) is 4.79 Å². The van der Waals surface area contributed by atoms with Gasteiger partial charge in [0.1, 0.15) is 34.2 Å². The van der Waals surface area contributed by atoms with Crippen LogP contribution in [0.25, 0.3) is 21.9 Å². The Bertz CT molecular complexity index is 1280. The molecule has 0 unspecified atom stereocenters. The number of hydrogen-bond donors (Lipinski definition) is 4. The number of phenols is 3. The van der Waals surface area contributed by atoms with Crippen molar-refractivity contribution in [2.24, 2.45) is 0 Å². The first-order chi connectivity index (χ1) is 13.9. The SMILES string of the molecule is C=CC(C)(C)c1c(O)cc(O)c2c(=O)c3c4c(c(O)cc3oc12)O[C@@H](C(C)(C)O)C4. The summed E-state index contributed by atoms with van der Waals surface area (Å²) in [5, 5.41) is 41.9. The third kappa shape index (κ3) is 2.73. The summed E-state index contributed by atoms with van der Waals surface area (Å²) < 4.78 is 11.7. The van der Waals surface area contributed by atoms with E-state index in [1.165, 1.54) is 6.07 Å². The predicted octanol–water partition coefficient (Wildman–Crippen LogP) is 3.60. The number of hydrogen-bond acceptors (Lipinski definition) is 7. The number of phenolic OH excluding ortho intramolecular Hbond substituents is 3. The highest BCUT2D eigenvalue weighted by Crippen LogP contribution is 2.46. The van der Waals surface area contributed by atoms with Crippen LogP contribution in [0.5, 0.6) is 23.0 Å². The monoisotopic (exact) mass is 412 g/mol. The van der Waals surface area contributed by atoms with E-state index in [0.717, 1.165) is 6.07 Å². The van der Waals surface area contributed by atoms with Crippen LogP contribution in [0, 0.1) is 0 Å². The molecular weight excluding hydrogens is 388 g/mol. The Labute approximate surface area is 172 Å². The minimum absolute atomic E-state index is 0.0206.